The molecule has 0 bridgehead atoms. The molecular formula is C35H58N4O4Si2. The summed E-state index contributed by atoms with van der Waals surface area (Å²) in [5.41, 5.74) is 10.5. The van der Waals surface area contributed by atoms with Gasteiger partial charge in [-0.3, -0.25) is 9.89 Å². The second-order valence-electron chi connectivity index (χ2n) is 13.8. The number of aromatic amines is 1. The molecule has 0 unspecified atom stereocenters. The maximum Gasteiger partial charge on any atom is 0.276 e. The Kier molecular flexibility index (Phi) is 16.9. The number of ketones is 1. The van der Waals surface area contributed by atoms with E-state index in [1.54, 1.807) is 19.1 Å². The first kappa shape index (κ1) is 41.9. The van der Waals surface area contributed by atoms with Crippen molar-refractivity contribution in [1.82, 2.24) is 10.2 Å². The maximum atomic E-state index is 11.6. The molecular weight excluding hydrogens is 597 g/mol. The molecule has 3 rings (SSSR count). The molecule has 4 N–H and O–H groups in total. The van der Waals surface area contributed by atoms with Gasteiger partial charge >= 0.3 is 0 Å². The molecule has 45 heavy (non-hydrogen) atoms. The number of nitrogens with zero attached hydrogens (tertiary/aromatic N) is 2. The molecule has 0 amide bonds. The molecule has 0 radical (unpaired) electrons. The average molecular weight is 655 g/mol. The summed E-state index contributed by atoms with van der Waals surface area (Å²) in [7, 11) is -3.44. The van der Waals surface area contributed by atoms with Crippen LogP contribution in [0.25, 0.3) is 16.1 Å². The zero-order valence-electron chi connectivity index (χ0n) is 28.7. The molecule has 8 nitrogen and oxygen atoms in total. The number of benzene rings is 2. The van der Waals surface area contributed by atoms with Crippen LogP contribution in [-0.2, 0) is 22.1 Å². The number of aromatic nitrogens is 2. The third-order valence-corrected chi connectivity index (χ3v) is 17.1. The van der Waals surface area contributed by atoms with Crippen molar-refractivity contribution in [3.05, 3.63) is 82.7 Å². The lowest BCUT2D eigenvalue weighted by atomic mass is 10.1. The number of Topliss-reactive ketones (excluding diaryl/α,β-unsaturated/α-hetero) is 1. The van der Waals surface area contributed by atoms with Gasteiger partial charge in [0.2, 0.25) is 5.78 Å². The number of nitrogens with one attached hydrogen (secondary N) is 1. The Balaban J connectivity index is 0.000000776. The third-order valence-electron chi connectivity index (χ3n) is 8.17. The van der Waals surface area contributed by atoms with Crippen LogP contribution in [0, 0.1) is 6.57 Å². The topological polar surface area (TPSA) is 115 Å². The summed E-state index contributed by atoms with van der Waals surface area (Å²) in [5, 5.41) is 14.9. The smallest absolute Gasteiger partial charge is 0.276 e. The number of aliphatic hydroxyl groups is 1. The maximum absolute atomic E-state index is 11.6. The van der Waals surface area contributed by atoms with Crippen LogP contribution in [0.2, 0.25) is 36.3 Å². The quantitative estimate of drug-likeness (QED) is 0.120. The predicted octanol–water partition coefficient (Wildman–Crippen LogP) is 9.13. The van der Waals surface area contributed by atoms with Gasteiger partial charge in [-0.2, -0.15) is 5.10 Å². The molecule has 1 heterocycles. The summed E-state index contributed by atoms with van der Waals surface area (Å²) >= 11 is 0. The summed E-state index contributed by atoms with van der Waals surface area (Å²) in [5.74, 6) is 0.382. The lowest BCUT2D eigenvalue weighted by Gasteiger charge is -2.36. The van der Waals surface area contributed by atoms with Crippen LogP contribution >= 0.6 is 0 Å². The Labute approximate surface area is 274 Å². The lowest BCUT2D eigenvalue weighted by molar-refractivity contribution is 0.101. The Morgan fingerprint density at radius 2 is 1.29 bits per heavy atom. The van der Waals surface area contributed by atoms with Crippen LogP contribution in [0.5, 0.6) is 0 Å². The van der Waals surface area contributed by atoms with E-state index >= 15 is 0 Å². The van der Waals surface area contributed by atoms with Crippen molar-refractivity contribution < 1.29 is 18.8 Å². The van der Waals surface area contributed by atoms with E-state index in [2.05, 4.69) is 107 Å². The van der Waals surface area contributed by atoms with Crippen LogP contribution in [0.4, 0.5) is 5.82 Å². The number of carbonyl (C=O) groups is 1. The minimum absolute atomic E-state index is 0. The summed E-state index contributed by atoms with van der Waals surface area (Å²) in [6, 6.07) is 17.5. The molecule has 250 valence electrons. The van der Waals surface area contributed by atoms with Crippen molar-refractivity contribution in [2.24, 2.45) is 0 Å². The minimum atomic E-state index is -1.74. The highest BCUT2D eigenvalue weighted by Gasteiger charge is 2.37. The zero-order valence-corrected chi connectivity index (χ0v) is 30.7. The van der Waals surface area contributed by atoms with Crippen LogP contribution in [0.3, 0.4) is 0 Å². The summed E-state index contributed by atoms with van der Waals surface area (Å²) < 4.78 is 12.4. The molecule has 0 aliphatic heterocycles. The zero-order chi connectivity index (χ0) is 33.8. The highest BCUT2D eigenvalue weighted by Crippen LogP contribution is 2.38. The second-order valence-corrected chi connectivity index (χ2v) is 23.4. The number of anilines is 1. The number of aliphatic hydroxyl groups excluding tert-OH is 1. The van der Waals surface area contributed by atoms with Crippen molar-refractivity contribution >= 4 is 28.2 Å². The van der Waals surface area contributed by atoms with Gasteiger partial charge in [0, 0.05) is 18.2 Å². The molecule has 0 aliphatic carbocycles. The van der Waals surface area contributed by atoms with E-state index in [1.165, 1.54) is 5.56 Å². The Bertz CT molecular complexity index is 1330. The van der Waals surface area contributed by atoms with E-state index < -0.39 is 16.6 Å². The standard InChI is InChI=1S/C16H25N3OSi.C16H23NO2Si.C2H6O.CH4/c1-16(2,3)21(4,5)20-11-12-6-8-13(9-7-12)14-10-15(17)19-18-14;1-16(2,3)20(5,6)19-12-13-7-9-14(10-8-13)15(18)11-17-4;1-2-3;/h6-10H,11H2,1-5H3,(H3,17,18,19);7-10H,11-12H2,1-3,5-6H3;3H,2H2,1H3;1H4. The fourth-order valence-corrected chi connectivity index (χ4v) is 5.10. The van der Waals surface area contributed by atoms with Gasteiger partial charge in [-0.05, 0) is 59.9 Å². The molecule has 0 atom stereocenters. The van der Waals surface area contributed by atoms with Gasteiger partial charge in [-0.15, -0.1) is 0 Å². The fraction of sp³-hybridized carbons (Fsp3) is 0.514. The van der Waals surface area contributed by atoms with Gasteiger partial charge in [-0.25, -0.2) is 6.57 Å². The first-order chi connectivity index (χ1) is 20.3. The molecule has 0 saturated heterocycles. The highest BCUT2D eigenvalue weighted by molar-refractivity contribution is 6.74. The normalized spacial score (nSPS) is 11.6. The van der Waals surface area contributed by atoms with Crippen LogP contribution in [0.15, 0.2) is 54.6 Å². The molecule has 0 spiro atoms. The Hall–Kier alpha value is -3.08. The van der Waals surface area contributed by atoms with Gasteiger partial charge in [-0.1, -0.05) is 97.5 Å². The van der Waals surface area contributed by atoms with Crippen molar-refractivity contribution in [3.63, 3.8) is 0 Å². The molecule has 0 aliphatic rings. The summed E-state index contributed by atoms with van der Waals surface area (Å²) in [4.78, 5) is 14.7. The Morgan fingerprint density at radius 1 is 0.889 bits per heavy atom. The van der Waals surface area contributed by atoms with Crippen molar-refractivity contribution in [1.29, 1.82) is 0 Å². The lowest BCUT2D eigenvalue weighted by Crippen LogP contribution is -2.40. The number of carbonyl (C=O) groups excluding carboxylic acids is 1. The van der Waals surface area contributed by atoms with Crippen LogP contribution in [0.1, 0.15) is 77.4 Å². The first-order valence-electron chi connectivity index (χ1n) is 15.0. The Morgan fingerprint density at radius 3 is 1.62 bits per heavy atom. The molecule has 3 aromatic rings. The summed E-state index contributed by atoms with van der Waals surface area (Å²) in [6.45, 7) is 32.2. The van der Waals surface area contributed by atoms with Crippen LogP contribution < -0.4 is 5.73 Å². The van der Waals surface area contributed by atoms with E-state index in [0.29, 0.717) is 24.6 Å². The molecule has 10 heteroatoms. The third kappa shape index (κ3) is 13.8. The first-order valence-corrected chi connectivity index (χ1v) is 20.8. The molecule has 1 aromatic heterocycles. The number of nitrogen functional groups attached to an aromatic ring is 1. The number of rotatable bonds is 9. The van der Waals surface area contributed by atoms with Gasteiger partial charge in [0.1, 0.15) is 5.82 Å². The average Bonchev–Trinajstić information content (AvgIpc) is 3.37. The monoisotopic (exact) mass is 654 g/mol. The van der Waals surface area contributed by atoms with Crippen molar-refractivity contribution in [2.45, 2.75) is 105 Å². The van der Waals surface area contributed by atoms with E-state index in [-0.39, 0.29) is 36.4 Å². The molecule has 0 saturated carbocycles. The van der Waals surface area contributed by atoms with Crippen molar-refractivity contribution in [2.75, 3.05) is 18.9 Å². The van der Waals surface area contributed by atoms with E-state index in [4.69, 9.17) is 26.3 Å². The number of hydrogen-bond donors (Lipinski definition) is 3. The van der Waals surface area contributed by atoms with Gasteiger partial charge in [0.15, 0.2) is 16.6 Å². The second kappa shape index (κ2) is 18.2. The predicted molar refractivity (Wildman–Crippen MR) is 194 cm³/mol. The van der Waals surface area contributed by atoms with Gasteiger partial charge < -0.3 is 24.5 Å². The van der Waals surface area contributed by atoms with E-state index in [0.717, 1.165) is 16.8 Å². The molecule has 2 aromatic carbocycles. The highest BCUT2D eigenvalue weighted by atomic mass is 28.4. The fourth-order valence-electron chi connectivity index (χ4n) is 3.18. The van der Waals surface area contributed by atoms with Gasteiger partial charge in [0.05, 0.1) is 18.9 Å². The number of nitrogens with two attached hydrogens (primary N) is 1. The van der Waals surface area contributed by atoms with E-state index in [9.17, 15) is 4.79 Å². The molecule has 0 fully saturated rings. The minimum Gasteiger partial charge on any atom is -0.413 e. The van der Waals surface area contributed by atoms with Crippen LogP contribution in [-0.4, -0.2) is 50.9 Å². The van der Waals surface area contributed by atoms with E-state index in [1.807, 2.05) is 18.2 Å². The SMILES string of the molecule is C.CC(C)(C)[Si](C)(C)OCc1ccc(-c2cc(N)n[nH]2)cc1.CCO.[C-]#[N+]CC(=O)c1ccc(CO[Si](C)(C)C(C)(C)C)cc1. The van der Waals surface area contributed by atoms with Gasteiger partial charge in [0.25, 0.3) is 6.54 Å². The largest absolute Gasteiger partial charge is 0.413 e. The summed E-state index contributed by atoms with van der Waals surface area (Å²) in [6.07, 6.45) is 0. The number of H-pyrrole nitrogens is 1. The number of hydrogen-bond acceptors (Lipinski definition) is 6. The van der Waals surface area contributed by atoms with Crippen molar-refractivity contribution in [3.8, 4) is 11.3 Å².